The van der Waals surface area contributed by atoms with Gasteiger partial charge in [-0.05, 0) is 29.1 Å². The highest BCUT2D eigenvalue weighted by Gasteiger charge is 2.42. The SMILES string of the molecule is C=CCOc1ccc(C2c3c(oc4c(ccc5ccccc54)c3=O)C(=O)N2CCN2CCOCC2)cc1. The van der Waals surface area contributed by atoms with Gasteiger partial charge in [-0.3, -0.25) is 14.5 Å². The van der Waals surface area contributed by atoms with Crippen LogP contribution in [0.25, 0.3) is 21.7 Å². The predicted octanol–water partition coefficient (Wildman–Crippen LogP) is 4.39. The zero-order chi connectivity index (χ0) is 25.4. The van der Waals surface area contributed by atoms with Crippen LogP contribution < -0.4 is 10.2 Å². The van der Waals surface area contributed by atoms with Crippen molar-refractivity contribution in [2.24, 2.45) is 0 Å². The topological polar surface area (TPSA) is 72.2 Å². The second-order valence-corrected chi connectivity index (χ2v) is 9.36. The van der Waals surface area contributed by atoms with Gasteiger partial charge >= 0.3 is 0 Å². The molecule has 0 bridgehead atoms. The van der Waals surface area contributed by atoms with Gasteiger partial charge in [0, 0.05) is 31.6 Å². The van der Waals surface area contributed by atoms with Gasteiger partial charge in [-0.2, -0.15) is 0 Å². The van der Waals surface area contributed by atoms with Crippen LogP contribution in [0.3, 0.4) is 0 Å². The molecule has 7 nitrogen and oxygen atoms in total. The van der Waals surface area contributed by atoms with Crippen LogP contribution in [0.1, 0.15) is 27.7 Å². The average Bonchev–Trinajstić information content (AvgIpc) is 3.23. The van der Waals surface area contributed by atoms with Crippen LogP contribution in [0.15, 0.2) is 82.5 Å². The normalized spacial score (nSPS) is 17.9. The zero-order valence-corrected chi connectivity index (χ0v) is 20.5. The maximum Gasteiger partial charge on any atom is 0.290 e. The summed E-state index contributed by atoms with van der Waals surface area (Å²) in [4.78, 5) is 31.8. The van der Waals surface area contributed by atoms with Crippen molar-refractivity contribution in [2.45, 2.75) is 6.04 Å². The Bertz CT molecular complexity index is 1540. The van der Waals surface area contributed by atoms with Crippen LogP contribution in [0.5, 0.6) is 5.75 Å². The van der Waals surface area contributed by atoms with Gasteiger partial charge in [-0.15, -0.1) is 0 Å². The molecule has 7 heteroatoms. The fourth-order valence-corrected chi connectivity index (χ4v) is 5.30. The molecule has 3 heterocycles. The van der Waals surface area contributed by atoms with Gasteiger partial charge in [0.25, 0.3) is 5.91 Å². The second-order valence-electron chi connectivity index (χ2n) is 9.36. The third kappa shape index (κ3) is 4.20. The molecule has 1 amide bonds. The molecule has 1 aromatic heterocycles. The first-order valence-electron chi connectivity index (χ1n) is 12.6. The van der Waals surface area contributed by atoms with E-state index in [1.807, 2.05) is 54.6 Å². The number of hydrogen-bond donors (Lipinski definition) is 0. The molecule has 1 saturated heterocycles. The van der Waals surface area contributed by atoms with Crippen molar-refractivity contribution in [2.75, 3.05) is 46.0 Å². The van der Waals surface area contributed by atoms with E-state index >= 15 is 0 Å². The van der Waals surface area contributed by atoms with Crippen molar-refractivity contribution >= 4 is 27.6 Å². The van der Waals surface area contributed by atoms with Crippen molar-refractivity contribution in [1.82, 2.24) is 9.80 Å². The number of amides is 1. The largest absolute Gasteiger partial charge is 0.490 e. The van der Waals surface area contributed by atoms with E-state index in [4.69, 9.17) is 13.9 Å². The summed E-state index contributed by atoms with van der Waals surface area (Å²) in [5.74, 6) is 0.574. The third-order valence-electron chi connectivity index (χ3n) is 7.18. The molecule has 2 aliphatic heterocycles. The third-order valence-corrected chi connectivity index (χ3v) is 7.18. The van der Waals surface area contributed by atoms with E-state index in [0.717, 1.165) is 29.4 Å². The molecular weight excluding hydrogens is 468 g/mol. The first-order valence-corrected chi connectivity index (χ1v) is 12.6. The lowest BCUT2D eigenvalue weighted by Crippen LogP contribution is -2.42. The van der Waals surface area contributed by atoms with E-state index in [9.17, 15) is 9.59 Å². The molecule has 0 saturated carbocycles. The number of fused-ring (bicyclic) bond motifs is 4. The fourth-order valence-electron chi connectivity index (χ4n) is 5.30. The number of hydrogen-bond acceptors (Lipinski definition) is 6. The molecule has 0 spiro atoms. The quantitative estimate of drug-likeness (QED) is 0.279. The number of morpholine rings is 1. The highest BCUT2D eigenvalue weighted by molar-refractivity contribution is 6.06. The molecule has 188 valence electrons. The molecule has 2 aliphatic rings. The highest BCUT2D eigenvalue weighted by atomic mass is 16.5. The van der Waals surface area contributed by atoms with Crippen LogP contribution in [0, 0.1) is 0 Å². The summed E-state index contributed by atoms with van der Waals surface area (Å²) in [5, 5.41) is 2.26. The lowest BCUT2D eigenvalue weighted by molar-refractivity contribution is 0.0314. The standard InChI is InChI=1S/C30H28N2O5/c1-2-17-36-22-10-7-21(8-11-22)26-25-27(33)24-12-9-20-5-3-4-6-23(20)28(24)37-29(25)30(34)32(26)14-13-31-15-18-35-19-16-31/h2-12,26H,1,13-19H2. The highest BCUT2D eigenvalue weighted by Crippen LogP contribution is 2.39. The van der Waals surface area contributed by atoms with E-state index in [1.54, 1.807) is 17.0 Å². The lowest BCUT2D eigenvalue weighted by Gasteiger charge is -2.31. The van der Waals surface area contributed by atoms with E-state index < -0.39 is 6.04 Å². The van der Waals surface area contributed by atoms with Gasteiger partial charge in [0.05, 0.1) is 30.2 Å². The lowest BCUT2D eigenvalue weighted by atomic mass is 9.97. The molecule has 1 atom stereocenters. The summed E-state index contributed by atoms with van der Waals surface area (Å²) in [6.07, 6.45) is 1.69. The number of rotatable bonds is 7. The number of benzene rings is 3. The minimum absolute atomic E-state index is 0.132. The van der Waals surface area contributed by atoms with E-state index in [2.05, 4.69) is 11.5 Å². The Labute approximate surface area is 214 Å². The molecule has 0 radical (unpaired) electrons. The molecule has 1 unspecified atom stereocenters. The van der Waals surface area contributed by atoms with Crippen molar-refractivity contribution in [3.63, 3.8) is 0 Å². The van der Waals surface area contributed by atoms with Gasteiger partial charge in [0.2, 0.25) is 5.76 Å². The predicted molar refractivity (Wildman–Crippen MR) is 142 cm³/mol. The number of carbonyl (C=O) groups excluding carboxylic acids is 1. The van der Waals surface area contributed by atoms with Crippen molar-refractivity contribution < 1.29 is 18.7 Å². The summed E-state index contributed by atoms with van der Waals surface area (Å²) in [7, 11) is 0. The van der Waals surface area contributed by atoms with Crippen LogP contribution in [-0.2, 0) is 4.74 Å². The Morgan fingerprint density at radius 2 is 1.73 bits per heavy atom. The minimum atomic E-state index is -0.538. The van der Waals surface area contributed by atoms with Crippen molar-refractivity contribution in [1.29, 1.82) is 0 Å². The van der Waals surface area contributed by atoms with Crippen LogP contribution in [-0.4, -0.2) is 61.7 Å². The summed E-state index contributed by atoms with van der Waals surface area (Å²) in [6, 6.07) is 18.5. The molecule has 37 heavy (non-hydrogen) atoms. The van der Waals surface area contributed by atoms with E-state index in [-0.39, 0.29) is 17.1 Å². The Hall–Kier alpha value is -3.94. The van der Waals surface area contributed by atoms with Gasteiger partial charge < -0.3 is 18.8 Å². The molecule has 3 aromatic carbocycles. The number of ether oxygens (including phenoxy) is 2. The second kappa shape index (κ2) is 9.84. The molecule has 0 N–H and O–H groups in total. The Morgan fingerprint density at radius 1 is 0.946 bits per heavy atom. The Kier molecular flexibility index (Phi) is 6.24. The van der Waals surface area contributed by atoms with Crippen molar-refractivity contribution in [3.05, 3.63) is 100 Å². The minimum Gasteiger partial charge on any atom is -0.490 e. The van der Waals surface area contributed by atoms with Gasteiger partial charge in [0.1, 0.15) is 17.9 Å². The summed E-state index contributed by atoms with van der Waals surface area (Å²) < 4.78 is 17.4. The van der Waals surface area contributed by atoms with Crippen LogP contribution >= 0.6 is 0 Å². The van der Waals surface area contributed by atoms with Crippen LogP contribution in [0.4, 0.5) is 0 Å². The molecule has 6 rings (SSSR count). The first-order chi connectivity index (χ1) is 18.2. The summed E-state index contributed by atoms with van der Waals surface area (Å²) >= 11 is 0. The van der Waals surface area contributed by atoms with Gasteiger partial charge in [-0.25, -0.2) is 0 Å². The van der Waals surface area contributed by atoms with Gasteiger partial charge in [0.15, 0.2) is 5.43 Å². The van der Waals surface area contributed by atoms with E-state index in [1.165, 1.54) is 0 Å². The van der Waals surface area contributed by atoms with Gasteiger partial charge in [-0.1, -0.05) is 55.1 Å². The molecular formula is C30H28N2O5. The molecule has 1 fully saturated rings. The first kappa shape index (κ1) is 23.5. The smallest absolute Gasteiger partial charge is 0.290 e. The van der Waals surface area contributed by atoms with Crippen LogP contribution in [0.2, 0.25) is 0 Å². The maximum absolute atomic E-state index is 14.0. The fraction of sp³-hybridized carbons (Fsp3) is 0.267. The Morgan fingerprint density at radius 3 is 2.51 bits per heavy atom. The van der Waals surface area contributed by atoms with E-state index in [0.29, 0.717) is 55.2 Å². The molecule has 0 aliphatic carbocycles. The maximum atomic E-state index is 14.0. The van der Waals surface area contributed by atoms with Crippen molar-refractivity contribution in [3.8, 4) is 5.75 Å². The Balaban J connectivity index is 1.46. The number of nitrogens with zero attached hydrogens (tertiary/aromatic N) is 2. The zero-order valence-electron chi connectivity index (χ0n) is 20.5. The number of carbonyl (C=O) groups is 1. The summed E-state index contributed by atoms with van der Waals surface area (Å²) in [6.45, 7) is 8.26. The summed E-state index contributed by atoms with van der Waals surface area (Å²) in [5.41, 5.74) is 1.53. The average molecular weight is 497 g/mol. The molecule has 4 aromatic rings. The monoisotopic (exact) mass is 496 g/mol.